The number of carbonyl (C=O) groups excluding carboxylic acids is 1. The monoisotopic (exact) mass is 298 g/mol. The third kappa shape index (κ3) is 3.23. The van der Waals surface area contributed by atoms with Crippen LogP contribution in [0.15, 0.2) is 29.4 Å². The number of amides is 1. The first-order valence-corrected chi connectivity index (χ1v) is 8.37. The number of nitrogens with one attached hydrogen (secondary N) is 1. The molecule has 2 saturated carbocycles. The van der Waals surface area contributed by atoms with Crippen LogP contribution in [0.25, 0.3) is 0 Å². The molecule has 1 aromatic carbocycles. The van der Waals surface area contributed by atoms with E-state index in [-0.39, 0.29) is 11.3 Å². The Morgan fingerprint density at radius 2 is 1.91 bits per heavy atom. The van der Waals surface area contributed by atoms with Crippen molar-refractivity contribution in [2.75, 3.05) is 0 Å². The van der Waals surface area contributed by atoms with Gasteiger partial charge in [0.2, 0.25) is 0 Å². The van der Waals surface area contributed by atoms with Crippen LogP contribution in [0.3, 0.4) is 0 Å². The van der Waals surface area contributed by atoms with Gasteiger partial charge in [-0.15, -0.1) is 0 Å². The van der Waals surface area contributed by atoms with Crippen molar-refractivity contribution in [3.8, 4) is 0 Å². The third-order valence-corrected chi connectivity index (χ3v) is 5.24. The van der Waals surface area contributed by atoms with Crippen LogP contribution in [0, 0.1) is 17.8 Å². The molecule has 0 heterocycles. The fourth-order valence-corrected chi connectivity index (χ4v) is 3.85. The van der Waals surface area contributed by atoms with E-state index in [1.807, 2.05) is 30.5 Å². The maximum Gasteiger partial charge on any atom is 0.271 e. The second-order valence-corrected chi connectivity index (χ2v) is 7.89. The summed E-state index contributed by atoms with van der Waals surface area (Å²) in [5.74, 6) is 2.15. The summed E-state index contributed by atoms with van der Waals surface area (Å²) >= 11 is 0. The van der Waals surface area contributed by atoms with E-state index in [0.717, 1.165) is 11.8 Å². The number of hydrogen-bond donors (Lipinski definition) is 1. The molecule has 3 nitrogen and oxygen atoms in total. The van der Waals surface area contributed by atoms with Crippen LogP contribution in [0.5, 0.6) is 0 Å². The topological polar surface area (TPSA) is 41.5 Å². The molecular formula is C19H26N2O. The minimum absolute atomic E-state index is 0.106. The second-order valence-electron chi connectivity index (χ2n) is 7.89. The molecule has 3 unspecified atom stereocenters. The van der Waals surface area contributed by atoms with Crippen molar-refractivity contribution in [3.05, 3.63) is 35.4 Å². The molecule has 2 aliphatic rings. The Bertz CT molecular complexity index is 568. The largest absolute Gasteiger partial charge is 0.271 e. The lowest BCUT2D eigenvalue weighted by atomic mass is 9.87. The number of hydrogen-bond acceptors (Lipinski definition) is 2. The van der Waals surface area contributed by atoms with E-state index in [4.69, 9.17) is 0 Å². The molecule has 0 aromatic heterocycles. The molecule has 2 bridgehead atoms. The summed E-state index contributed by atoms with van der Waals surface area (Å²) in [6.07, 6.45) is 7.31. The molecule has 1 amide bonds. The van der Waals surface area contributed by atoms with Crippen molar-refractivity contribution in [3.63, 3.8) is 0 Å². The highest BCUT2D eigenvalue weighted by molar-refractivity contribution is 5.94. The van der Waals surface area contributed by atoms with Crippen LogP contribution < -0.4 is 5.43 Å². The molecule has 3 heteroatoms. The fourth-order valence-electron chi connectivity index (χ4n) is 3.85. The van der Waals surface area contributed by atoms with Crippen LogP contribution in [0.1, 0.15) is 62.4 Å². The van der Waals surface area contributed by atoms with Crippen molar-refractivity contribution in [2.24, 2.45) is 22.9 Å². The summed E-state index contributed by atoms with van der Waals surface area (Å²) in [5, 5.41) is 4.20. The Kier molecular flexibility index (Phi) is 4.07. The van der Waals surface area contributed by atoms with E-state index < -0.39 is 0 Å². The Labute approximate surface area is 133 Å². The van der Waals surface area contributed by atoms with Gasteiger partial charge in [-0.1, -0.05) is 39.3 Å². The molecule has 1 N–H and O–H groups in total. The van der Waals surface area contributed by atoms with Gasteiger partial charge in [-0.25, -0.2) is 5.43 Å². The summed E-state index contributed by atoms with van der Waals surface area (Å²) in [6, 6.07) is 7.80. The number of nitrogens with zero attached hydrogens (tertiary/aromatic N) is 1. The number of fused-ring (bicyclic) bond motifs is 2. The number of benzene rings is 1. The number of hydrazone groups is 1. The Morgan fingerprint density at radius 1 is 1.18 bits per heavy atom. The fraction of sp³-hybridized carbons (Fsp3) is 0.579. The van der Waals surface area contributed by atoms with Crippen LogP contribution in [-0.2, 0) is 5.41 Å². The zero-order valence-electron chi connectivity index (χ0n) is 13.8. The van der Waals surface area contributed by atoms with Gasteiger partial charge in [-0.05, 0) is 60.1 Å². The third-order valence-electron chi connectivity index (χ3n) is 5.24. The molecule has 2 aliphatic carbocycles. The SMILES string of the molecule is CC(C)(C)c1ccc(C(=O)NN=CC2CC3CCC2C3)cc1. The van der Waals surface area contributed by atoms with E-state index in [1.165, 1.54) is 31.2 Å². The first-order valence-electron chi connectivity index (χ1n) is 8.37. The Balaban J connectivity index is 1.56. The van der Waals surface area contributed by atoms with Gasteiger partial charge in [0.25, 0.3) is 5.91 Å². The minimum atomic E-state index is -0.125. The molecular weight excluding hydrogens is 272 g/mol. The van der Waals surface area contributed by atoms with Crippen LogP contribution in [0.4, 0.5) is 0 Å². The van der Waals surface area contributed by atoms with E-state index in [1.54, 1.807) is 0 Å². The lowest BCUT2D eigenvalue weighted by Crippen LogP contribution is -2.20. The molecule has 0 spiro atoms. The summed E-state index contributed by atoms with van der Waals surface area (Å²) in [7, 11) is 0. The van der Waals surface area contributed by atoms with E-state index in [9.17, 15) is 4.79 Å². The van der Waals surface area contributed by atoms with Gasteiger partial charge < -0.3 is 0 Å². The average molecular weight is 298 g/mol. The van der Waals surface area contributed by atoms with Crippen molar-refractivity contribution < 1.29 is 4.79 Å². The second kappa shape index (κ2) is 5.86. The lowest BCUT2D eigenvalue weighted by molar-refractivity contribution is 0.0954. The number of carbonyl (C=O) groups is 1. The van der Waals surface area contributed by atoms with Crippen molar-refractivity contribution >= 4 is 12.1 Å². The van der Waals surface area contributed by atoms with Crippen LogP contribution >= 0.6 is 0 Å². The van der Waals surface area contributed by atoms with E-state index in [2.05, 4.69) is 31.3 Å². The molecule has 1 aromatic rings. The van der Waals surface area contributed by atoms with Gasteiger partial charge in [0.05, 0.1) is 0 Å². The average Bonchev–Trinajstić information content (AvgIpc) is 3.09. The Morgan fingerprint density at radius 3 is 2.45 bits per heavy atom. The van der Waals surface area contributed by atoms with Gasteiger partial charge in [-0.2, -0.15) is 5.10 Å². The first kappa shape index (κ1) is 15.3. The highest BCUT2D eigenvalue weighted by atomic mass is 16.2. The van der Waals surface area contributed by atoms with Crippen LogP contribution in [-0.4, -0.2) is 12.1 Å². The highest BCUT2D eigenvalue weighted by Gasteiger charge is 2.38. The zero-order valence-corrected chi connectivity index (χ0v) is 13.8. The quantitative estimate of drug-likeness (QED) is 0.661. The summed E-state index contributed by atoms with van der Waals surface area (Å²) in [4.78, 5) is 12.1. The Hall–Kier alpha value is -1.64. The molecule has 2 fully saturated rings. The molecule has 22 heavy (non-hydrogen) atoms. The molecule has 3 rings (SSSR count). The summed E-state index contributed by atoms with van der Waals surface area (Å²) < 4.78 is 0. The maximum atomic E-state index is 12.1. The van der Waals surface area contributed by atoms with Crippen molar-refractivity contribution in [1.82, 2.24) is 5.43 Å². The highest BCUT2D eigenvalue weighted by Crippen LogP contribution is 2.47. The molecule has 0 aliphatic heterocycles. The normalized spacial score (nSPS) is 27.5. The molecule has 3 atom stereocenters. The molecule has 0 saturated heterocycles. The predicted octanol–water partition coefficient (Wildman–Crippen LogP) is 4.14. The predicted molar refractivity (Wildman–Crippen MR) is 90.0 cm³/mol. The molecule has 0 radical (unpaired) electrons. The summed E-state index contributed by atoms with van der Waals surface area (Å²) in [5.41, 5.74) is 4.68. The van der Waals surface area contributed by atoms with Gasteiger partial charge in [0.15, 0.2) is 0 Å². The lowest BCUT2D eigenvalue weighted by Gasteiger charge is -2.19. The van der Waals surface area contributed by atoms with E-state index in [0.29, 0.717) is 11.5 Å². The van der Waals surface area contributed by atoms with Crippen LogP contribution in [0.2, 0.25) is 0 Å². The van der Waals surface area contributed by atoms with Gasteiger partial charge in [0, 0.05) is 11.8 Å². The van der Waals surface area contributed by atoms with Gasteiger partial charge in [0.1, 0.15) is 0 Å². The van der Waals surface area contributed by atoms with Crippen molar-refractivity contribution in [2.45, 2.75) is 51.9 Å². The first-order chi connectivity index (χ1) is 10.4. The minimum Gasteiger partial charge on any atom is -0.267 e. The van der Waals surface area contributed by atoms with Crippen molar-refractivity contribution in [1.29, 1.82) is 0 Å². The standard InChI is InChI=1S/C19H26N2O/c1-19(2,3)17-8-6-14(7-9-17)18(22)21-20-12-16-11-13-4-5-15(16)10-13/h6-9,12-13,15-16H,4-5,10-11H2,1-3H3,(H,21,22). The van der Waals surface area contributed by atoms with E-state index >= 15 is 0 Å². The smallest absolute Gasteiger partial charge is 0.267 e. The van der Waals surface area contributed by atoms with Gasteiger partial charge in [-0.3, -0.25) is 4.79 Å². The zero-order chi connectivity index (χ0) is 15.7. The molecule has 118 valence electrons. The van der Waals surface area contributed by atoms with Gasteiger partial charge >= 0.3 is 0 Å². The number of rotatable bonds is 3. The summed E-state index contributed by atoms with van der Waals surface area (Å²) in [6.45, 7) is 6.51. The maximum absolute atomic E-state index is 12.1.